The number of hydrogen-bond donors (Lipinski definition) is 0. The molecule has 17 heavy (non-hydrogen) atoms. The fourth-order valence-electron chi connectivity index (χ4n) is 2.44. The van der Waals surface area contributed by atoms with Gasteiger partial charge in [-0.05, 0) is 20.8 Å². The fourth-order valence-corrected chi connectivity index (χ4v) is 2.44. The lowest BCUT2D eigenvalue weighted by Gasteiger charge is -2.33. The molecule has 1 saturated carbocycles. The van der Waals surface area contributed by atoms with Crippen molar-refractivity contribution in [1.29, 1.82) is 0 Å². The summed E-state index contributed by atoms with van der Waals surface area (Å²) in [6.45, 7) is -0.327. The Morgan fingerprint density at radius 2 is 1.00 bits per heavy atom. The molecule has 2 atom stereocenters. The van der Waals surface area contributed by atoms with Crippen LogP contribution in [0, 0.1) is 5.92 Å². The van der Waals surface area contributed by atoms with Crippen molar-refractivity contribution in [2.75, 3.05) is 0 Å². The topological polar surface area (TPSA) is 0 Å². The third-order valence-corrected chi connectivity index (χ3v) is 3.21. The van der Waals surface area contributed by atoms with E-state index in [-0.39, 0.29) is 20.8 Å². The molecule has 0 aromatic heterocycles. The summed E-state index contributed by atoms with van der Waals surface area (Å²) in [5, 5.41) is 0. The Morgan fingerprint density at radius 3 is 1.12 bits per heavy atom. The second kappa shape index (κ2) is 3.06. The molecule has 102 valence electrons. The highest BCUT2D eigenvalue weighted by Crippen LogP contribution is 2.67. The molecule has 1 rings (SSSR count). The second-order valence-corrected chi connectivity index (χ2v) is 4.69. The first-order valence-electron chi connectivity index (χ1n) is 4.63. The smallest absolute Gasteiger partial charge is 0.237 e. The quantitative estimate of drug-likeness (QED) is 0.632. The second-order valence-electron chi connectivity index (χ2n) is 4.69. The molecular weight excluding hydrogens is 260 g/mol. The maximum Gasteiger partial charge on any atom is 0.346 e. The van der Waals surface area contributed by atoms with Gasteiger partial charge in [0.15, 0.2) is 11.3 Å². The first kappa shape index (κ1) is 14.5. The molecule has 8 heteroatoms. The van der Waals surface area contributed by atoms with Crippen LogP contribution >= 0.6 is 0 Å². The lowest BCUT2D eigenvalue weighted by atomic mass is 9.82. The predicted octanol–water partition coefficient (Wildman–Crippen LogP) is 4.00. The van der Waals surface area contributed by atoms with Crippen LogP contribution in [0.4, 0.5) is 35.1 Å². The van der Waals surface area contributed by atoms with Gasteiger partial charge in [-0.1, -0.05) is 0 Å². The maximum atomic E-state index is 13.6. The van der Waals surface area contributed by atoms with E-state index in [9.17, 15) is 35.1 Å². The Labute approximate surface area is 92.0 Å². The van der Waals surface area contributed by atoms with Crippen molar-refractivity contribution in [1.82, 2.24) is 0 Å². The van der Waals surface area contributed by atoms with E-state index in [0.29, 0.717) is 0 Å². The predicted molar refractivity (Wildman–Crippen MR) is 43.0 cm³/mol. The van der Waals surface area contributed by atoms with Crippen LogP contribution in [0.25, 0.3) is 0 Å². The van der Waals surface area contributed by atoms with Gasteiger partial charge in [0, 0.05) is 0 Å². The molecule has 0 spiro atoms. The SMILES string of the molecule is CC(F)(F)C1C(C)(F)C(F)(F)C(F)(F)C1(C)F. The molecule has 0 nitrogen and oxygen atoms in total. The van der Waals surface area contributed by atoms with Crippen LogP contribution in [-0.2, 0) is 0 Å². The Morgan fingerprint density at radius 1 is 0.765 bits per heavy atom. The molecule has 0 aromatic rings. The summed E-state index contributed by atoms with van der Waals surface area (Å²) in [5.41, 5.74) is -8.70. The van der Waals surface area contributed by atoms with E-state index < -0.39 is 35.0 Å². The number of rotatable bonds is 1. The molecule has 0 heterocycles. The molecule has 1 aliphatic rings. The summed E-state index contributed by atoms with van der Waals surface area (Å²) in [7, 11) is 0. The van der Waals surface area contributed by atoms with Crippen LogP contribution in [-0.4, -0.2) is 29.1 Å². The van der Waals surface area contributed by atoms with Crippen LogP contribution in [0.3, 0.4) is 0 Å². The van der Waals surface area contributed by atoms with Crippen LogP contribution in [0.15, 0.2) is 0 Å². The minimum Gasteiger partial charge on any atom is -0.237 e. The molecule has 0 radical (unpaired) electrons. The summed E-state index contributed by atoms with van der Waals surface area (Å²) in [5.74, 6) is -18.8. The van der Waals surface area contributed by atoms with E-state index in [1.165, 1.54) is 0 Å². The molecule has 1 aliphatic carbocycles. The first-order valence-corrected chi connectivity index (χ1v) is 4.63. The van der Waals surface area contributed by atoms with E-state index in [1.54, 1.807) is 0 Å². The Hall–Kier alpha value is -0.560. The largest absolute Gasteiger partial charge is 0.346 e. The average Bonchev–Trinajstić information content (AvgIpc) is 2.03. The molecule has 1 fully saturated rings. The van der Waals surface area contributed by atoms with Crippen LogP contribution < -0.4 is 0 Å². The van der Waals surface area contributed by atoms with Crippen molar-refractivity contribution >= 4 is 0 Å². The number of halogens is 8. The monoisotopic (exact) mass is 270 g/mol. The van der Waals surface area contributed by atoms with Crippen molar-refractivity contribution in [3.63, 3.8) is 0 Å². The summed E-state index contributed by atoms with van der Waals surface area (Å²) in [6, 6.07) is 0. The molecule has 0 aliphatic heterocycles. The van der Waals surface area contributed by atoms with Crippen molar-refractivity contribution < 1.29 is 35.1 Å². The average molecular weight is 270 g/mol. The van der Waals surface area contributed by atoms with Gasteiger partial charge in [0.1, 0.15) is 5.92 Å². The molecule has 0 saturated heterocycles. The lowest BCUT2D eigenvalue weighted by Crippen LogP contribution is -2.51. The summed E-state index contributed by atoms with van der Waals surface area (Å²) < 4.78 is 105. The molecule has 0 amide bonds. The van der Waals surface area contributed by atoms with Gasteiger partial charge in [0.2, 0.25) is 0 Å². The van der Waals surface area contributed by atoms with Gasteiger partial charge in [-0.3, -0.25) is 0 Å². The van der Waals surface area contributed by atoms with Gasteiger partial charge >= 0.3 is 11.8 Å². The van der Waals surface area contributed by atoms with Crippen LogP contribution in [0.5, 0.6) is 0 Å². The van der Waals surface area contributed by atoms with E-state index in [2.05, 4.69) is 0 Å². The lowest BCUT2D eigenvalue weighted by molar-refractivity contribution is -0.258. The normalized spacial score (nSPS) is 45.0. The Kier molecular flexibility index (Phi) is 2.61. The number of alkyl halides is 8. The Balaban J connectivity index is 3.54. The third-order valence-electron chi connectivity index (χ3n) is 3.21. The zero-order valence-electron chi connectivity index (χ0n) is 9.10. The van der Waals surface area contributed by atoms with Gasteiger partial charge in [0.05, 0.1) is 0 Å². The highest BCUT2D eigenvalue weighted by Gasteiger charge is 2.90. The summed E-state index contributed by atoms with van der Waals surface area (Å²) in [4.78, 5) is 0. The van der Waals surface area contributed by atoms with Crippen molar-refractivity contribution in [3.8, 4) is 0 Å². The minimum absolute atomic E-state index is 0.0647. The standard InChI is InChI=1S/C9H10F8/c1-5(10)4(7(3,12)13)6(2,11)9(16,17)8(5,14)15/h4H,1-3H3. The van der Waals surface area contributed by atoms with E-state index in [4.69, 9.17) is 0 Å². The summed E-state index contributed by atoms with van der Waals surface area (Å²) >= 11 is 0. The first-order chi connectivity index (χ1) is 7.12. The molecule has 2 unspecified atom stereocenters. The van der Waals surface area contributed by atoms with Crippen LogP contribution in [0.2, 0.25) is 0 Å². The fraction of sp³-hybridized carbons (Fsp3) is 1.00. The van der Waals surface area contributed by atoms with Crippen molar-refractivity contribution in [2.24, 2.45) is 5.92 Å². The Bertz CT molecular complexity index is 298. The van der Waals surface area contributed by atoms with E-state index in [1.807, 2.05) is 0 Å². The minimum atomic E-state index is -5.51. The maximum absolute atomic E-state index is 13.6. The number of hydrogen-bond acceptors (Lipinski definition) is 0. The van der Waals surface area contributed by atoms with E-state index in [0.717, 1.165) is 0 Å². The van der Waals surface area contributed by atoms with Gasteiger partial charge < -0.3 is 0 Å². The molecule has 0 bridgehead atoms. The van der Waals surface area contributed by atoms with Gasteiger partial charge in [-0.2, -0.15) is 17.6 Å². The molecular formula is C9H10F8. The van der Waals surface area contributed by atoms with Crippen molar-refractivity contribution in [3.05, 3.63) is 0 Å². The molecule has 0 aromatic carbocycles. The van der Waals surface area contributed by atoms with Gasteiger partial charge in [0.25, 0.3) is 5.92 Å². The highest BCUT2D eigenvalue weighted by atomic mass is 19.3. The third kappa shape index (κ3) is 1.41. The van der Waals surface area contributed by atoms with Crippen molar-refractivity contribution in [2.45, 2.75) is 49.9 Å². The zero-order valence-corrected chi connectivity index (χ0v) is 9.10. The van der Waals surface area contributed by atoms with Gasteiger partial charge in [-0.15, -0.1) is 0 Å². The summed E-state index contributed by atoms with van der Waals surface area (Å²) in [6.07, 6.45) is 0. The van der Waals surface area contributed by atoms with Gasteiger partial charge in [-0.25, -0.2) is 17.6 Å². The highest BCUT2D eigenvalue weighted by molar-refractivity contribution is 5.24. The van der Waals surface area contributed by atoms with E-state index >= 15 is 0 Å². The zero-order chi connectivity index (χ0) is 14.1. The van der Waals surface area contributed by atoms with Crippen LogP contribution in [0.1, 0.15) is 20.8 Å². The molecule has 0 N–H and O–H groups in total.